The van der Waals surface area contributed by atoms with Gasteiger partial charge in [-0.1, -0.05) is 36.0 Å². The lowest BCUT2D eigenvalue weighted by Gasteiger charge is -2.13. The summed E-state index contributed by atoms with van der Waals surface area (Å²) in [5.41, 5.74) is 4.27. The van der Waals surface area contributed by atoms with Gasteiger partial charge in [-0.15, -0.1) is 0 Å². The van der Waals surface area contributed by atoms with Crippen LogP contribution in [0.25, 0.3) is 11.2 Å². The van der Waals surface area contributed by atoms with Crippen LogP contribution in [0.2, 0.25) is 0 Å². The number of halogens is 1. The van der Waals surface area contributed by atoms with Gasteiger partial charge < -0.3 is 9.73 Å². The molecule has 6 nitrogen and oxygen atoms in total. The Labute approximate surface area is 212 Å². The van der Waals surface area contributed by atoms with Crippen LogP contribution in [0, 0.1) is 5.82 Å². The van der Waals surface area contributed by atoms with Gasteiger partial charge in [-0.2, -0.15) is 0 Å². The molecular formula is C28H25FN4O2S. The maximum absolute atomic E-state index is 13.3. The first kappa shape index (κ1) is 23.8. The average Bonchev–Trinajstić information content (AvgIpc) is 3.52. The monoisotopic (exact) mass is 500 g/mol. The van der Waals surface area contributed by atoms with E-state index in [2.05, 4.69) is 14.9 Å². The number of nitrogens with zero attached hydrogens (tertiary/aromatic N) is 3. The van der Waals surface area contributed by atoms with Crippen molar-refractivity contribution >= 4 is 28.8 Å². The third-order valence-corrected chi connectivity index (χ3v) is 6.82. The average molecular weight is 501 g/mol. The van der Waals surface area contributed by atoms with Gasteiger partial charge in [0.15, 0.2) is 10.8 Å². The minimum Gasteiger partial charge on any atom is -0.469 e. The van der Waals surface area contributed by atoms with Crippen molar-refractivity contribution < 1.29 is 13.6 Å². The largest absolute Gasteiger partial charge is 0.469 e. The summed E-state index contributed by atoms with van der Waals surface area (Å²) in [5.74, 6) is 1.14. The van der Waals surface area contributed by atoms with E-state index in [-0.39, 0.29) is 17.8 Å². The Morgan fingerprint density at radius 1 is 1.06 bits per heavy atom. The number of hydrogen-bond acceptors (Lipinski definition) is 5. The highest BCUT2D eigenvalue weighted by atomic mass is 32.2. The molecule has 1 amide bonds. The van der Waals surface area contributed by atoms with E-state index in [1.807, 2.05) is 55.5 Å². The van der Waals surface area contributed by atoms with Gasteiger partial charge in [-0.05, 0) is 66.6 Å². The van der Waals surface area contributed by atoms with E-state index in [0.29, 0.717) is 24.3 Å². The lowest BCUT2D eigenvalue weighted by atomic mass is 10.1. The molecule has 0 fully saturated rings. The number of nitrogens with one attached hydrogen (secondary N) is 1. The van der Waals surface area contributed by atoms with Crippen LogP contribution in [0.3, 0.4) is 0 Å². The van der Waals surface area contributed by atoms with E-state index in [4.69, 9.17) is 9.40 Å². The van der Waals surface area contributed by atoms with Crippen molar-refractivity contribution in [2.75, 3.05) is 0 Å². The van der Waals surface area contributed by atoms with E-state index in [9.17, 15) is 9.18 Å². The van der Waals surface area contributed by atoms with Crippen molar-refractivity contribution in [3.63, 3.8) is 0 Å². The zero-order chi connectivity index (χ0) is 24.9. The molecule has 36 heavy (non-hydrogen) atoms. The maximum atomic E-state index is 13.3. The second kappa shape index (κ2) is 10.8. The molecule has 0 radical (unpaired) electrons. The summed E-state index contributed by atoms with van der Waals surface area (Å²) < 4.78 is 20.7. The van der Waals surface area contributed by atoms with Crippen LogP contribution in [-0.4, -0.2) is 26.5 Å². The van der Waals surface area contributed by atoms with Crippen molar-refractivity contribution in [3.8, 4) is 0 Å². The molecule has 182 valence electrons. The van der Waals surface area contributed by atoms with Gasteiger partial charge in [0, 0.05) is 30.0 Å². The molecule has 8 heteroatoms. The third-order valence-electron chi connectivity index (χ3n) is 5.77. The first-order valence-electron chi connectivity index (χ1n) is 11.7. The van der Waals surface area contributed by atoms with Crippen LogP contribution in [0.5, 0.6) is 0 Å². The number of aromatic nitrogens is 3. The number of hydrogen-bond donors (Lipinski definition) is 1. The molecular weight excluding hydrogens is 475 g/mol. The normalized spacial score (nSPS) is 12.1. The van der Waals surface area contributed by atoms with Crippen LogP contribution in [0.4, 0.5) is 4.39 Å². The minimum absolute atomic E-state index is 0.0487. The molecule has 0 spiro atoms. The van der Waals surface area contributed by atoms with Crippen LogP contribution in [0.1, 0.15) is 34.2 Å². The Kier molecular flexibility index (Phi) is 7.13. The number of fused-ring (bicyclic) bond motifs is 1. The first-order valence-corrected chi connectivity index (χ1v) is 12.6. The Morgan fingerprint density at radius 3 is 2.58 bits per heavy atom. The number of imidazole rings is 1. The van der Waals surface area contributed by atoms with E-state index < -0.39 is 0 Å². The molecule has 0 saturated heterocycles. The van der Waals surface area contributed by atoms with E-state index >= 15 is 0 Å². The number of thioether (sulfide) groups is 1. The molecule has 5 aromatic rings. The lowest BCUT2D eigenvalue weighted by molar-refractivity contribution is 0.0939. The Morgan fingerprint density at radius 2 is 1.83 bits per heavy atom. The number of amides is 1. The zero-order valence-corrected chi connectivity index (χ0v) is 20.5. The fraction of sp³-hybridized carbons (Fsp3) is 0.179. The maximum Gasteiger partial charge on any atom is 0.251 e. The number of rotatable bonds is 9. The number of carbonyl (C=O) groups is 1. The van der Waals surface area contributed by atoms with E-state index in [1.165, 1.54) is 12.1 Å². The second-order valence-electron chi connectivity index (χ2n) is 8.60. The van der Waals surface area contributed by atoms with Gasteiger partial charge in [-0.25, -0.2) is 14.4 Å². The molecule has 0 saturated carbocycles. The summed E-state index contributed by atoms with van der Waals surface area (Å²) in [6.45, 7) is 2.52. The van der Waals surface area contributed by atoms with Crippen molar-refractivity contribution in [3.05, 3.63) is 114 Å². The van der Waals surface area contributed by atoms with Gasteiger partial charge in [-0.3, -0.25) is 9.36 Å². The molecule has 1 atom stereocenters. The quantitative estimate of drug-likeness (QED) is 0.257. The fourth-order valence-corrected chi connectivity index (χ4v) is 4.91. The number of benzene rings is 2. The molecule has 0 bridgehead atoms. The van der Waals surface area contributed by atoms with Crippen molar-refractivity contribution in [1.82, 2.24) is 19.9 Å². The third kappa shape index (κ3) is 5.66. The topological polar surface area (TPSA) is 73.0 Å². The van der Waals surface area contributed by atoms with Crippen molar-refractivity contribution in [2.45, 2.75) is 36.8 Å². The first-order chi connectivity index (χ1) is 17.5. The summed E-state index contributed by atoms with van der Waals surface area (Å²) in [6.07, 6.45) is 4.02. The summed E-state index contributed by atoms with van der Waals surface area (Å²) in [5, 5.41) is 3.85. The van der Waals surface area contributed by atoms with Gasteiger partial charge in [0.25, 0.3) is 5.91 Å². The Balaban J connectivity index is 1.29. The Bertz CT molecular complexity index is 1450. The van der Waals surface area contributed by atoms with Crippen LogP contribution >= 0.6 is 11.8 Å². The van der Waals surface area contributed by atoms with Crippen LogP contribution in [0.15, 0.2) is 94.8 Å². The molecule has 3 aromatic heterocycles. The molecule has 0 aliphatic rings. The molecule has 0 unspecified atom stereocenters. The Hall–Kier alpha value is -3.91. The molecule has 1 N–H and O–H groups in total. The lowest BCUT2D eigenvalue weighted by Crippen LogP contribution is -2.33. The van der Waals surface area contributed by atoms with Crippen molar-refractivity contribution in [1.29, 1.82) is 0 Å². The van der Waals surface area contributed by atoms with E-state index in [1.54, 1.807) is 36.4 Å². The SMILES string of the molecule is C[C@H](Cc1ccco1)NC(=O)c1ccc(Cn2c(SCc3ccc(F)cc3)nc3cccnc32)cc1. The molecule has 3 heterocycles. The van der Waals surface area contributed by atoms with Gasteiger partial charge in [0.05, 0.1) is 12.8 Å². The van der Waals surface area contributed by atoms with Crippen LogP contribution < -0.4 is 5.32 Å². The predicted octanol–water partition coefficient (Wildman–Crippen LogP) is 5.87. The molecule has 2 aromatic carbocycles. The summed E-state index contributed by atoms with van der Waals surface area (Å²) >= 11 is 1.58. The number of carbonyl (C=O) groups excluding carboxylic acids is 1. The van der Waals surface area contributed by atoms with Gasteiger partial charge in [0.2, 0.25) is 0 Å². The molecule has 0 aliphatic carbocycles. The summed E-state index contributed by atoms with van der Waals surface area (Å²) in [7, 11) is 0. The zero-order valence-electron chi connectivity index (χ0n) is 19.7. The molecule has 0 aliphatic heterocycles. The smallest absolute Gasteiger partial charge is 0.251 e. The minimum atomic E-state index is -0.246. The highest BCUT2D eigenvalue weighted by Gasteiger charge is 2.15. The highest BCUT2D eigenvalue weighted by molar-refractivity contribution is 7.98. The van der Waals surface area contributed by atoms with Gasteiger partial charge >= 0.3 is 0 Å². The van der Waals surface area contributed by atoms with Crippen molar-refractivity contribution in [2.24, 2.45) is 0 Å². The highest BCUT2D eigenvalue weighted by Crippen LogP contribution is 2.27. The van der Waals surface area contributed by atoms with E-state index in [0.717, 1.165) is 33.2 Å². The predicted molar refractivity (Wildman–Crippen MR) is 138 cm³/mol. The summed E-state index contributed by atoms with van der Waals surface area (Å²) in [4.78, 5) is 22.0. The second-order valence-corrected chi connectivity index (χ2v) is 9.54. The fourth-order valence-electron chi connectivity index (χ4n) is 3.95. The number of furan rings is 1. The molecule has 5 rings (SSSR count). The number of pyridine rings is 1. The standard InChI is InChI=1S/C28H25FN4O2S/c1-19(16-24-4-3-15-35-24)31-27(34)22-10-6-20(7-11-22)17-33-26-25(5-2-14-30-26)32-28(33)36-18-21-8-12-23(29)13-9-21/h2-15,19H,16-18H2,1H3,(H,31,34)/t19-/m1/s1. The van der Waals surface area contributed by atoms with Gasteiger partial charge in [0.1, 0.15) is 17.1 Å². The summed E-state index contributed by atoms with van der Waals surface area (Å²) in [6, 6.07) is 21.6. The van der Waals surface area contributed by atoms with Crippen LogP contribution in [-0.2, 0) is 18.7 Å².